The third-order valence-corrected chi connectivity index (χ3v) is 7.71. The summed E-state index contributed by atoms with van der Waals surface area (Å²) in [5.74, 6) is -0.0900. The van der Waals surface area contributed by atoms with Crippen molar-refractivity contribution in [3.8, 4) is 22.5 Å². The number of nitrogens with zero attached hydrogens (tertiary/aromatic N) is 2. The number of pyridine rings is 1. The third-order valence-electron chi connectivity index (χ3n) is 7.71. The molecular formula is C32H27FN6O. The quantitative estimate of drug-likeness (QED) is 0.217. The van der Waals surface area contributed by atoms with E-state index < -0.39 is 0 Å². The number of benzene rings is 2. The molecule has 1 amide bonds. The van der Waals surface area contributed by atoms with Gasteiger partial charge in [0.2, 0.25) is 5.91 Å². The lowest BCUT2D eigenvalue weighted by Crippen LogP contribution is -2.33. The Balaban J connectivity index is 1.27. The fourth-order valence-electron chi connectivity index (χ4n) is 5.31. The van der Waals surface area contributed by atoms with E-state index in [0.717, 1.165) is 74.9 Å². The van der Waals surface area contributed by atoms with Crippen molar-refractivity contribution in [1.29, 1.82) is 0 Å². The molecule has 2 aliphatic rings. The first-order chi connectivity index (χ1) is 19.6. The largest absolute Gasteiger partial charge is 0.387 e. The van der Waals surface area contributed by atoms with E-state index in [9.17, 15) is 9.18 Å². The second kappa shape index (κ2) is 9.96. The number of fused-ring (bicyclic) bond motifs is 2. The molecule has 0 atom stereocenters. The summed E-state index contributed by atoms with van der Waals surface area (Å²) in [6.45, 7) is 0.660. The number of hydrogen-bond acceptors (Lipinski definition) is 4. The Hall–Kier alpha value is -4.98. The predicted octanol–water partition coefficient (Wildman–Crippen LogP) is 6.21. The molecule has 4 N–H and O–H groups in total. The van der Waals surface area contributed by atoms with Crippen LogP contribution in [0.1, 0.15) is 24.8 Å². The van der Waals surface area contributed by atoms with E-state index in [-0.39, 0.29) is 17.6 Å². The highest BCUT2D eigenvalue weighted by Gasteiger charge is 2.25. The summed E-state index contributed by atoms with van der Waals surface area (Å²) < 4.78 is 14.6. The Morgan fingerprint density at radius 1 is 1.00 bits per heavy atom. The Morgan fingerprint density at radius 3 is 2.75 bits per heavy atom. The minimum absolute atomic E-state index is 0.0886. The molecule has 1 saturated carbocycles. The molecule has 7 rings (SSSR count). The van der Waals surface area contributed by atoms with Crippen molar-refractivity contribution >= 4 is 33.3 Å². The van der Waals surface area contributed by atoms with Crippen molar-refractivity contribution in [1.82, 2.24) is 30.8 Å². The summed E-state index contributed by atoms with van der Waals surface area (Å²) in [5, 5.41) is 16.0. The fraction of sp³-hybridized carbons (Fsp3) is 0.156. The van der Waals surface area contributed by atoms with Crippen LogP contribution in [0.4, 0.5) is 4.39 Å². The van der Waals surface area contributed by atoms with Gasteiger partial charge in [0.05, 0.1) is 22.9 Å². The second-order valence-corrected chi connectivity index (χ2v) is 10.3. The third kappa shape index (κ3) is 4.37. The SMILES string of the molecule is O=C(NC1=C/C(c2ccc3[nH]nc(-c4cc5c(-c6ccccc6F)cncc5[nH]4)c3c2)=C\NC\C=C\1)C1CCC1. The topological polar surface area (TPSA) is 98.5 Å². The van der Waals surface area contributed by atoms with Gasteiger partial charge in [0.25, 0.3) is 0 Å². The molecule has 1 fully saturated rings. The molecule has 1 aliphatic heterocycles. The molecule has 1 aliphatic carbocycles. The van der Waals surface area contributed by atoms with E-state index in [1.807, 2.05) is 48.7 Å². The van der Waals surface area contributed by atoms with Crippen LogP contribution in [-0.2, 0) is 4.79 Å². The van der Waals surface area contributed by atoms with Crippen molar-refractivity contribution in [3.05, 3.63) is 102 Å². The van der Waals surface area contributed by atoms with Crippen molar-refractivity contribution in [3.63, 3.8) is 0 Å². The molecule has 7 nitrogen and oxygen atoms in total. The van der Waals surface area contributed by atoms with Gasteiger partial charge in [0, 0.05) is 52.5 Å². The van der Waals surface area contributed by atoms with E-state index in [2.05, 4.69) is 36.9 Å². The molecule has 8 heteroatoms. The van der Waals surface area contributed by atoms with E-state index in [1.54, 1.807) is 24.5 Å². The van der Waals surface area contributed by atoms with Gasteiger partial charge in [-0.1, -0.05) is 36.8 Å². The first-order valence-electron chi connectivity index (χ1n) is 13.5. The number of halogens is 1. The number of aromatic amines is 2. The minimum Gasteiger partial charge on any atom is -0.387 e. The maximum atomic E-state index is 14.6. The summed E-state index contributed by atoms with van der Waals surface area (Å²) in [6, 6.07) is 14.9. The number of nitrogens with one attached hydrogen (secondary N) is 4. The number of rotatable bonds is 5. The Labute approximate surface area is 229 Å². The van der Waals surface area contributed by atoms with Crippen LogP contribution in [-0.4, -0.2) is 32.6 Å². The van der Waals surface area contributed by atoms with Gasteiger partial charge in [-0.3, -0.25) is 14.9 Å². The fourth-order valence-corrected chi connectivity index (χ4v) is 5.31. The van der Waals surface area contributed by atoms with Crippen LogP contribution in [0.5, 0.6) is 0 Å². The van der Waals surface area contributed by atoms with Gasteiger partial charge in [-0.2, -0.15) is 5.10 Å². The van der Waals surface area contributed by atoms with Gasteiger partial charge in [-0.15, -0.1) is 0 Å². The number of carbonyl (C=O) groups excluding carboxylic acids is 1. The molecule has 3 aromatic heterocycles. The van der Waals surface area contributed by atoms with Gasteiger partial charge >= 0.3 is 0 Å². The average Bonchev–Trinajstić information content (AvgIpc) is 3.53. The van der Waals surface area contributed by atoms with E-state index in [1.165, 1.54) is 6.07 Å². The zero-order valence-corrected chi connectivity index (χ0v) is 21.7. The average molecular weight is 531 g/mol. The summed E-state index contributed by atoms with van der Waals surface area (Å²) in [5.41, 5.74) is 7.20. The highest BCUT2D eigenvalue weighted by molar-refractivity contribution is 6.01. The van der Waals surface area contributed by atoms with Crippen LogP contribution in [0.3, 0.4) is 0 Å². The molecular weight excluding hydrogens is 503 g/mol. The summed E-state index contributed by atoms with van der Waals surface area (Å²) in [6.07, 6.45) is 14.4. The van der Waals surface area contributed by atoms with Crippen molar-refractivity contribution in [2.75, 3.05) is 6.54 Å². The van der Waals surface area contributed by atoms with Crippen LogP contribution in [0.15, 0.2) is 91.0 Å². The molecule has 0 radical (unpaired) electrons. The van der Waals surface area contributed by atoms with Gasteiger partial charge in [-0.05, 0) is 60.4 Å². The molecule has 0 bridgehead atoms. The lowest BCUT2D eigenvalue weighted by molar-refractivity contribution is -0.126. The zero-order valence-electron chi connectivity index (χ0n) is 21.7. The maximum absolute atomic E-state index is 14.6. The van der Waals surface area contributed by atoms with Crippen LogP contribution in [0, 0.1) is 11.7 Å². The predicted molar refractivity (Wildman–Crippen MR) is 155 cm³/mol. The summed E-state index contributed by atoms with van der Waals surface area (Å²) in [7, 11) is 0. The smallest absolute Gasteiger partial charge is 0.227 e. The number of hydrogen-bond donors (Lipinski definition) is 4. The van der Waals surface area contributed by atoms with Gasteiger partial charge in [0.15, 0.2) is 0 Å². The van der Waals surface area contributed by atoms with E-state index >= 15 is 0 Å². The van der Waals surface area contributed by atoms with Crippen LogP contribution in [0.2, 0.25) is 0 Å². The number of carbonyl (C=O) groups is 1. The number of amides is 1. The number of H-pyrrole nitrogens is 2. The minimum atomic E-state index is -0.290. The van der Waals surface area contributed by atoms with Gasteiger partial charge in [-0.25, -0.2) is 4.39 Å². The molecule has 198 valence electrons. The second-order valence-electron chi connectivity index (χ2n) is 10.3. The lowest BCUT2D eigenvalue weighted by Gasteiger charge is -2.24. The van der Waals surface area contributed by atoms with Crippen LogP contribution < -0.4 is 10.6 Å². The van der Waals surface area contributed by atoms with Gasteiger partial charge in [0.1, 0.15) is 11.5 Å². The molecule has 5 aromatic rings. The maximum Gasteiger partial charge on any atom is 0.227 e. The zero-order chi connectivity index (χ0) is 27.1. The standard InChI is InChI=1S/C32H27FN6O/c33-27-9-2-1-8-23(27)26-17-35-18-30-24(26)15-29(37-30)31-25-14-20(10-11-28(25)38-39-31)21-13-22(7-4-12-34-16-21)36-32(40)19-5-3-6-19/h1-2,4,7-11,13-19,34,37H,3,5-6,12H2,(H,36,40)(H,38,39)/b7-4+,21-16+,22-13+. The number of allylic oxidation sites excluding steroid dienone is 3. The van der Waals surface area contributed by atoms with E-state index in [0.29, 0.717) is 12.1 Å². The van der Waals surface area contributed by atoms with Crippen LogP contribution >= 0.6 is 0 Å². The summed E-state index contributed by atoms with van der Waals surface area (Å²) in [4.78, 5) is 20.4. The Kier molecular flexibility index (Phi) is 6.00. The normalized spacial score (nSPS) is 19.0. The highest BCUT2D eigenvalue weighted by atomic mass is 19.1. The monoisotopic (exact) mass is 530 g/mol. The molecule has 0 spiro atoms. The van der Waals surface area contributed by atoms with Crippen LogP contribution in [0.25, 0.3) is 49.9 Å². The van der Waals surface area contributed by atoms with Gasteiger partial charge < -0.3 is 15.6 Å². The Morgan fingerprint density at radius 2 is 1.90 bits per heavy atom. The van der Waals surface area contributed by atoms with Crippen molar-refractivity contribution < 1.29 is 9.18 Å². The molecule has 40 heavy (non-hydrogen) atoms. The molecule has 2 aromatic carbocycles. The number of aromatic nitrogens is 4. The van der Waals surface area contributed by atoms with Crippen molar-refractivity contribution in [2.45, 2.75) is 19.3 Å². The lowest BCUT2D eigenvalue weighted by atomic mass is 9.85. The van der Waals surface area contributed by atoms with E-state index in [4.69, 9.17) is 0 Å². The highest BCUT2D eigenvalue weighted by Crippen LogP contribution is 2.35. The first kappa shape index (κ1) is 24.1. The molecule has 0 unspecified atom stereocenters. The van der Waals surface area contributed by atoms with Crippen molar-refractivity contribution in [2.24, 2.45) is 5.92 Å². The Bertz CT molecular complexity index is 1860. The molecule has 0 saturated heterocycles. The first-order valence-corrected chi connectivity index (χ1v) is 13.5. The summed E-state index contributed by atoms with van der Waals surface area (Å²) >= 11 is 0. The molecule has 4 heterocycles.